The van der Waals surface area contributed by atoms with Gasteiger partial charge in [0.05, 0.1) is 6.10 Å². The van der Waals surface area contributed by atoms with E-state index in [1.54, 1.807) is 12.1 Å². The molecule has 2 N–H and O–H groups in total. The molecule has 1 aliphatic rings. The van der Waals surface area contributed by atoms with Gasteiger partial charge in [-0.1, -0.05) is 12.1 Å². The summed E-state index contributed by atoms with van der Waals surface area (Å²) in [7, 11) is 0. The number of aliphatic hydroxyl groups is 1. The highest BCUT2D eigenvalue weighted by Gasteiger charge is 2.20. The van der Waals surface area contributed by atoms with Crippen LogP contribution in [0.2, 0.25) is 0 Å². The molecule has 2 nitrogen and oxygen atoms in total. The lowest BCUT2D eigenvalue weighted by atomic mass is 9.92. The maximum Gasteiger partial charge on any atom is 0.123 e. The van der Waals surface area contributed by atoms with Crippen LogP contribution in [0, 0.1) is 5.82 Å². The minimum absolute atomic E-state index is 0.110. The zero-order valence-electron chi connectivity index (χ0n) is 10.9. The first-order valence-electron chi connectivity index (χ1n) is 6.82. The van der Waals surface area contributed by atoms with E-state index in [2.05, 4.69) is 12.2 Å². The number of halogens is 1. The van der Waals surface area contributed by atoms with Crippen LogP contribution in [0.25, 0.3) is 0 Å². The third-order valence-electron chi connectivity index (χ3n) is 3.65. The molecule has 0 bridgehead atoms. The maximum atomic E-state index is 13.1. The second kappa shape index (κ2) is 6.30. The smallest absolute Gasteiger partial charge is 0.123 e. The summed E-state index contributed by atoms with van der Waals surface area (Å²) in [5, 5.41) is 13.0. The van der Waals surface area contributed by atoms with Gasteiger partial charge >= 0.3 is 0 Å². The molecule has 1 fully saturated rings. The number of hydrogen-bond donors (Lipinski definition) is 2. The molecule has 1 aromatic carbocycles. The standard InChI is InChI=1S/C15H22FNO/c1-11(9-12-3-2-4-13(16)10-12)17-14-5-7-15(18)8-6-14/h2-4,10-11,14-15,17-18H,5-9H2,1H3. The molecule has 100 valence electrons. The highest BCUT2D eigenvalue weighted by atomic mass is 19.1. The van der Waals surface area contributed by atoms with Crippen LogP contribution < -0.4 is 5.32 Å². The van der Waals surface area contributed by atoms with E-state index in [1.165, 1.54) is 6.07 Å². The Morgan fingerprint density at radius 1 is 1.33 bits per heavy atom. The Labute approximate surface area is 108 Å². The Bertz CT molecular complexity index is 375. The Kier molecular flexibility index (Phi) is 4.72. The van der Waals surface area contributed by atoms with Crippen molar-refractivity contribution in [2.24, 2.45) is 0 Å². The van der Waals surface area contributed by atoms with Crippen LogP contribution in [0.15, 0.2) is 24.3 Å². The number of nitrogens with one attached hydrogen (secondary N) is 1. The molecule has 1 unspecified atom stereocenters. The second-order valence-electron chi connectivity index (χ2n) is 5.41. The van der Waals surface area contributed by atoms with Gasteiger partial charge in [0.15, 0.2) is 0 Å². The van der Waals surface area contributed by atoms with Gasteiger partial charge in [-0.3, -0.25) is 0 Å². The summed E-state index contributed by atoms with van der Waals surface area (Å²) in [5.41, 5.74) is 1.03. The van der Waals surface area contributed by atoms with E-state index in [0.29, 0.717) is 12.1 Å². The summed E-state index contributed by atoms with van der Waals surface area (Å²) < 4.78 is 13.1. The third kappa shape index (κ3) is 4.07. The van der Waals surface area contributed by atoms with Gasteiger partial charge in [0.1, 0.15) is 5.82 Å². The highest BCUT2D eigenvalue weighted by molar-refractivity contribution is 5.17. The van der Waals surface area contributed by atoms with Gasteiger partial charge in [-0.15, -0.1) is 0 Å². The molecule has 0 spiro atoms. The molecule has 1 aliphatic carbocycles. The summed E-state index contributed by atoms with van der Waals surface area (Å²) in [4.78, 5) is 0. The summed E-state index contributed by atoms with van der Waals surface area (Å²) in [5.74, 6) is -0.166. The summed E-state index contributed by atoms with van der Waals surface area (Å²) in [6.07, 6.45) is 4.59. The molecule has 1 saturated carbocycles. The molecule has 3 heteroatoms. The monoisotopic (exact) mass is 251 g/mol. The molecule has 0 heterocycles. The van der Waals surface area contributed by atoms with Crippen molar-refractivity contribution in [1.82, 2.24) is 5.32 Å². The van der Waals surface area contributed by atoms with Crippen molar-refractivity contribution in [1.29, 1.82) is 0 Å². The first-order chi connectivity index (χ1) is 8.63. The van der Waals surface area contributed by atoms with Gasteiger partial charge in [-0.05, 0) is 56.7 Å². The Morgan fingerprint density at radius 2 is 2.06 bits per heavy atom. The van der Waals surface area contributed by atoms with Gasteiger partial charge in [0, 0.05) is 12.1 Å². The van der Waals surface area contributed by atoms with Crippen molar-refractivity contribution in [2.75, 3.05) is 0 Å². The lowest BCUT2D eigenvalue weighted by Crippen LogP contribution is -2.40. The van der Waals surface area contributed by atoms with Crippen LogP contribution in [0.1, 0.15) is 38.2 Å². The lowest BCUT2D eigenvalue weighted by Gasteiger charge is -2.29. The van der Waals surface area contributed by atoms with E-state index >= 15 is 0 Å². The average Bonchev–Trinajstić information content (AvgIpc) is 2.32. The maximum absolute atomic E-state index is 13.1. The van der Waals surface area contributed by atoms with Crippen LogP contribution in [0.5, 0.6) is 0 Å². The molecule has 1 atom stereocenters. The number of rotatable bonds is 4. The van der Waals surface area contributed by atoms with Gasteiger partial charge in [-0.25, -0.2) is 4.39 Å². The van der Waals surface area contributed by atoms with Gasteiger partial charge < -0.3 is 10.4 Å². The molecule has 0 aliphatic heterocycles. The van der Waals surface area contributed by atoms with Crippen molar-refractivity contribution < 1.29 is 9.50 Å². The van der Waals surface area contributed by atoms with Gasteiger partial charge in [-0.2, -0.15) is 0 Å². The Balaban J connectivity index is 1.80. The molecule has 0 saturated heterocycles. The van der Waals surface area contributed by atoms with Crippen molar-refractivity contribution in [3.63, 3.8) is 0 Å². The largest absolute Gasteiger partial charge is 0.393 e. The number of hydrogen-bond acceptors (Lipinski definition) is 2. The molecule has 18 heavy (non-hydrogen) atoms. The lowest BCUT2D eigenvalue weighted by molar-refractivity contribution is 0.114. The van der Waals surface area contributed by atoms with E-state index in [9.17, 15) is 9.50 Å². The molecule has 0 radical (unpaired) electrons. The van der Waals surface area contributed by atoms with Crippen molar-refractivity contribution >= 4 is 0 Å². The summed E-state index contributed by atoms with van der Waals surface area (Å²) in [6.45, 7) is 2.13. The quantitative estimate of drug-likeness (QED) is 0.862. The van der Waals surface area contributed by atoms with Crippen LogP contribution >= 0.6 is 0 Å². The van der Waals surface area contributed by atoms with E-state index in [0.717, 1.165) is 37.7 Å². The minimum Gasteiger partial charge on any atom is -0.393 e. The van der Waals surface area contributed by atoms with Crippen molar-refractivity contribution in [3.8, 4) is 0 Å². The van der Waals surface area contributed by atoms with Crippen molar-refractivity contribution in [2.45, 2.75) is 57.2 Å². The van der Waals surface area contributed by atoms with Gasteiger partial charge in [0.25, 0.3) is 0 Å². The topological polar surface area (TPSA) is 32.3 Å². The first-order valence-corrected chi connectivity index (χ1v) is 6.82. The third-order valence-corrected chi connectivity index (χ3v) is 3.65. The van der Waals surface area contributed by atoms with E-state index < -0.39 is 0 Å². The summed E-state index contributed by atoms with van der Waals surface area (Å²) in [6, 6.07) is 7.64. The predicted molar refractivity (Wildman–Crippen MR) is 71.0 cm³/mol. The van der Waals surface area contributed by atoms with E-state index in [4.69, 9.17) is 0 Å². The Morgan fingerprint density at radius 3 is 2.72 bits per heavy atom. The van der Waals surface area contributed by atoms with E-state index in [1.807, 2.05) is 6.07 Å². The van der Waals surface area contributed by atoms with Crippen LogP contribution in [-0.2, 0) is 6.42 Å². The predicted octanol–water partition coefficient (Wildman–Crippen LogP) is 2.65. The van der Waals surface area contributed by atoms with Crippen molar-refractivity contribution in [3.05, 3.63) is 35.6 Å². The fourth-order valence-electron chi connectivity index (χ4n) is 2.72. The molecular formula is C15H22FNO. The zero-order valence-corrected chi connectivity index (χ0v) is 10.9. The van der Waals surface area contributed by atoms with Gasteiger partial charge in [0.2, 0.25) is 0 Å². The average molecular weight is 251 g/mol. The minimum atomic E-state index is -0.166. The van der Waals surface area contributed by atoms with Crippen LogP contribution in [0.3, 0.4) is 0 Å². The fraction of sp³-hybridized carbons (Fsp3) is 0.600. The molecule has 1 aromatic rings. The number of aliphatic hydroxyl groups excluding tert-OH is 1. The number of benzene rings is 1. The molecular weight excluding hydrogens is 229 g/mol. The van der Waals surface area contributed by atoms with Crippen LogP contribution in [0.4, 0.5) is 4.39 Å². The SMILES string of the molecule is CC(Cc1cccc(F)c1)NC1CCC(O)CC1. The molecule has 0 amide bonds. The van der Waals surface area contributed by atoms with Crippen LogP contribution in [-0.4, -0.2) is 23.3 Å². The zero-order chi connectivity index (χ0) is 13.0. The normalized spacial score (nSPS) is 25.9. The Hall–Kier alpha value is -0.930. The molecule has 0 aromatic heterocycles. The highest BCUT2D eigenvalue weighted by Crippen LogP contribution is 2.19. The molecule has 2 rings (SSSR count). The first kappa shape index (κ1) is 13.5. The van der Waals surface area contributed by atoms with E-state index in [-0.39, 0.29) is 11.9 Å². The summed E-state index contributed by atoms with van der Waals surface area (Å²) >= 11 is 0. The second-order valence-corrected chi connectivity index (χ2v) is 5.41. The fourth-order valence-corrected chi connectivity index (χ4v) is 2.72.